The molecule has 4 heteroatoms. The summed E-state index contributed by atoms with van der Waals surface area (Å²) in [6.07, 6.45) is 0. The maximum absolute atomic E-state index is 5.31. The predicted octanol–water partition coefficient (Wildman–Crippen LogP) is 3.03. The second-order valence-corrected chi connectivity index (χ2v) is 6.12. The predicted molar refractivity (Wildman–Crippen MR) is 64.8 cm³/mol. The fourth-order valence-electron chi connectivity index (χ4n) is 1.02. The Morgan fingerprint density at radius 3 is 2.79 bits per heavy atom. The molecular weight excluding hydrogens is 262 g/mol. The molecule has 0 aromatic carbocycles. The third-order valence-electron chi connectivity index (χ3n) is 2.05. The summed E-state index contributed by atoms with van der Waals surface area (Å²) in [6, 6.07) is 2.14. The maximum Gasteiger partial charge on any atom is 0.0746 e. The van der Waals surface area contributed by atoms with E-state index in [0.29, 0.717) is 0 Å². The van der Waals surface area contributed by atoms with Gasteiger partial charge in [-0.1, -0.05) is 0 Å². The van der Waals surface area contributed by atoms with Crippen LogP contribution in [0.5, 0.6) is 0 Å². The fourth-order valence-corrected chi connectivity index (χ4v) is 2.23. The highest BCUT2D eigenvalue weighted by Crippen LogP contribution is 2.20. The van der Waals surface area contributed by atoms with Gasteiger partial charge in [0.1, 0.15) is 0 Å². The van der Waals surface area contributed by atoms with Crippen LogP contribution in [0.3, 0.4) is 0 Å². The molecule has 1 rings (SSSR count). The summed E-state index contributed by atoms with van der Waals surface area (Å²) in [5, 5.41) is 5.52. The van der Waals surface area contributed by atoms with Crippen molar-refractivity contribution < 1.29 is 4.74 Å². The minimum absolute atomic E-state index is 0.0900. The lowest BCUT2D eigenvalue weighted by Gasteiger charge is -2.23. The summed E-state index contributed by atoms with van der Waals surface area (Å²) >= 11 is 5.16. The van der Waals surface area contributed by atoms with E-state index in [-0.39, 0.29) is 5.60 Å². The lowest BCUT2D eigenvalue weighted by atomic mass is 10.1. The Hall–Kier alpha value is 0.100. The molecule has 0 fully saturated rings. The van der Waals surface area contributed by atoms with E-state index in [4.69, 9.17) is 4.74 Å². The van der Waals surface area contributed by atoms with Crippen molar-refractivity contribution in [1.82, 2.24) is 5.32 Å². The normalized spacial score (nSPS) is 12.0. The zero-order chi connectivity index (χ0) is 10.6. The van der Waals surface area contributed by atoms with Crippen LogP contribution in [-0.4, -0.2) is 19.3 Å². The Morgan fingerprint density at radius 2 is 2.29 bits per heavy atom. The molecule has 14 heavy (non-hydrogen) atoms. The van der Waals surface area contributed by atoms with Crippen LogP contribution in [0.2, 0.25) is 0 Å². The molecular formula is C10H16BrNOS. The van der Waals surface area contributed by atoms with Gasteiger partial charge in [0.05, 0.1) is 9.39 Å². The molecule has 0 spiro atoms. The van der Waals surface area contributed by atoms with E-state index in [9.17, 15) is 0 Å². The molecule has 0 radical (unpaired) electrons. The maximum atomic E-state index is 5.31. The van der Waals surface area contributed by atoms with Gasteiger partial charge < -0.3 is 10.1 Å². The molecule has 1 aromatic rings. The van der Waals surface area contributed by atoms with Gasteiger partial charge in [-0.3, -0.25) is 0 Å². The largest absolute Gasteiger partial charge is 0.377 e. The highest BCUT2D eigenvalue weighted by molar-refractivity contribution is 9.11. The molecule has 1 heterocycles. The van der Waals surface area contributed by atoms with E-state index in [1.54, 1.807) is 18.4 Å². The van der Waals surface area contributed by atoms with Gasteiger partial charge in [-0.2, -0.15) is 0 Å². The van der Waals surface area contributed by atoms with E-state index in [1.165, 1.54) is 9.35 Å². The Bertz CT molecular complexity index is 285. The van der Waals surface area contributed by atoms with Gasteiger partial charge in [-0.15, -0.1) is 11.3 Å². The Morgan fingerprint density at radius 1 is 1.57 bits per heavy atom. The minimum Gasteiger partial charge on any atom is -0.377 e. The van der Waals surface area contributed by atoms with Crippen LogP contribution >= 0.6 is 27.3 Å². The first-order valence-corrected chi connectivity index (χ1v) is 6.19. The lowest BCUT2D eigenvalue weighted by molar-refractivity contribution is 0.0231. The molecule has 1 N–H and O–H groups in total. The molecule has 0 saturated carbocycles. The van der Waals surface area contributed by atoms with E-state index in [0.717, 1.165) is 13.1 Å². The topological polar surface area (TPSA) is 21.3 Å². The number of hydrogen-bond acceptors (Lipinski definition) is 3. The van der Waals surface area contributed by atoms with Crippen molar-refractivity contribution >= 4 is 27.3 Å². The van der Waals surface area contributed by atoms with Gasteiger partial charge in [0.15, 0.2) is 0 Å². The van der Waals surface area contributed by atoms with Crippen molar-refractivity contribution in [1.29, 1.82) is 0 Å². The standard InChI is InChI=1S/C10H16BrNOS/c1-10(2,13-3)7-12-5-8-4-9(11)14-6-8/h4,6,12H,5,7H2,1-3H3. The van der Waals surface area contributed by atoms with E-state index < -0.39 is 0 Å². The number of thiophene rings is 1. The second-order valence-electron chi connectivity index (χ2n) is 3.83. The molecule has 0 aliphatic heterocycles. The third kappa shape index (κ3) is 4.09. The summed E-state index contributed by atoms with van der Waals surface area (Å²) < 4.78 is 6.49. The van der Waals surface area contributed by atoms with Gasteiger partial charge in [0, 0.05) is 20.2 Å². The van der Waals surface area contributed by atoms with Gasteiger partial charge in [0.25, 0.3) is 0 Å². The number of rotatable bonds is 5. The number of hydrogen-bond donors (Lipinski definition) is 1. The first-order chi connectivity index (χ1) is 6.53. The summed E-state index contributed by atoms with van der Waals surface area (Å²) in [5.74, 6) is 0. The number of methoxy groups -OCH3 is 1. The van der Waals surface area contributed by atoms with Crippen LogP contribution in [0.25, 0.3) is 0 Å². The summed E-state index contributed by atoms with van der Waals surface area (Å²) in [5.41, 5.74) is 1.22. The molecule has 0 aliphatic carbocycles. The monoisotopic (exact) mass is 277 g/mol. The van der Waals surface area contributed by atoms with Gasteiger partial charge in [-0.05, 0) is 46.8 Å². The first kappa shape index (κ1) is 12.2. The van der Waals surface area contributed by atoms with Crippen LogP contribution in [0.1, 0.15) is 19.4 Å². The molecule has 0 aliphatic rings. The number of ether oxygens (including phenoxy) is 1. The van der Waals surface area contributed by atoms with E-state index in [2.05, 4.69) is 46.5 Å². The smallest absolute Gasteiger partial charge is 0.0746 e. The second kappa shape index (κ2) is 5.26. The Kier molecular flexibility index (Phi) is 4.57. The number of nitrogens with one attached hydrogen (secondary N) is 1. The summed E-state index contributed by atoms with van der Waals surface area (Å²) in [4.78, 5) is 0. The molecule has 0 saturated heterocycles. The SMILES string of the molecule is COC(C)(C)CNCc1csc(Br)c1. The fraction of sp³-hybridized carbons (Fsp3) is 0.600. The zero-order valence-corrected chi connectivity index (χ0v) is 11.2. The molecule has 0 amide bonds. The Balaban J connectivity index is 2.28. The van der Waals surface area contributed by atoms with Crippen molar-refractivity contribution in [3.63, 3.8) is 0 Å². The van der Waals surface area contributed by atoms with Crippen molar-refractivity contribution in [3.05, 3.63) is 20.8 Å². The lowest BCUT2D eigenvalue weighted by Crippen LogP contribution is -2.36. The van der Waals surface area contributed by atoms with Crippen molar-refractivity contribution in [2.24, 2.45) is 0 Å². The van der Waals surface area contributed by atoms with Crippen LogP contribution in [0.4, 0.5) is 0 Å². The summed E-state index contributed by atoms with van der Waals surface area (Å²) in [7, 11) is 1.74. The van der Waals surface area contributed by atoms with Gasteiger partial charge in [-0.25, -0.2) is 0 Å². The van der Waals surface area contributed by atoms with Gasteiger partial charge in [0.2, 0.25) is 0 Å². The minimum atomic E-state index is -0.0900. The van der Waals surface area contributed by atoms with Crippen LogP contribution in [0.15, 0.2) is 15.2 Å². The molecule has 0 unspecified atom stereocenters. The molecule has 1 aromatic heterocycles. The van der Waals surface area contributed by atoms with Crippen LogP contribution in [-0.2, 0) is 11.3 Å². The average Bonchev–Trinajstić information content (AvgIpc) is 2.51. The number of halogens is 1. The van der Waals surface area contributed by atoms with Crippen molar-refractivity contribution in [3.8, 4) is 0 Å². The highest BCUT2D eigenvalue weighted by Gasteiger charge is 2.14. The van der Waals surface area contributed by atoms with Crippen LogP contribution < -0.4 is 5.32 Å². The highest BCUT2D eigenvalue weighted by atomic mass is 79.9. The van der Waals surface area contributed by atoms with Gasteiger partial charge >= 0.3 is 0 Å². The van der Waals surface area contributed by atoms with E-state index >= 15 is 0 Å². The average molecular weight is 278 g/mol. The van der Waals surface area contributed by atoms with E-state index in [1.807, 2.05) is 0 Å². The van der Waals surface area contributed by atoms with Crippen molar-refractivity contribution in [2.45, 2.75) is 26.0 Å². The Labute approximate surface area is 97.8 Å². The zero-order valence-electron chi connectivity index (χ0n) is 8.76. The molecule has 0 atom stereocenters. The third-order valence-corrected chi connectivity index (χ3v) is 3.61. The molecule has 0 bridgehead atoms. The quantitative estimate of drug-likeness (QED) is 0.894. The van der Waals surface area contributed by atoms with Crippen molar-refractivity contribution in [2.75, 3.05) is 13.7 Å². The summed E-state index contributed by atoms with van der Waals surface area (Å²) in [6.45, 7) is 5.90. The first-order valence-electron chi connectivity index (χ1n) is 4.52. The molecule has 2 nitrogen and oxygen atoms in total. The van der Waals surface area contributed by atoms with Crippen LogP contribution in [0, 0.1) is 0 Å². The molecule has 80 valence electrons.